The third-order valence-electron chi connectivity index (χ3n) is 4.98. The number of carbonyl (C=O) groups excluding carboxylic acids is 1. The van der Waals surface area contributed by atoms with Gasteiger partial charge in [-0.15, -0.1) is 24.8 Å². The van der Waals surface area contributed by atoms with E-state index in [9.17, 15) is 4.79 Å². The van der Waals surface area contributed by atoms with Crippen molar-refractivity contribution in [3.05, 3.63) is 0 Å². The Kier molecular flexibility index (Phi) is 9.87. The molecule has 6 heteroatoms. The van der Waals surface area contributed by atoms with E-state index in [1.54, 1.807) is 0 Å². The lowest BCUT2D eigenvalue weighted by Gasteiger charge is -2.28. The predicted molar refractivity (Wildman–Crippen MR) is 92.7 cm³/mol. The van der Waals surface area contributed by atoms with E-state index in [-0.39, 0.29) is 36.3 Å². The van der Waals surface area contributed by atoms with Gasteiger partial charge in [0.2, 0.25) is 5.91 Å². The van der Waals surface area contributed by atoms with Crippen LogP contribution in [0.2, 0.25) is 0 Å². The Balaban J connectivity index is 0.00000200. The van der Waals surface area contributed by atoms with E-state index in [1.165, 1.54) is 25.7 Å². The lowest BCUT2D eigenvalue weighted by atomic mass is 9.93. The number of carbonyl (C=O) groups is 1. The molecular formula is C15H31Cl2N3O. The smallest absolute Gasteiger partial charge is 0.240 e. The summed E-state index contributed by atoms with van der Waals surface area (Å²) in [6.45, 7) is 4.82. The second-order valence-electron chi connectivity index (χ2n) is 6.14. The average Bonchev–Trinajstić information content (AvgIpc) is 3.10. The first-order valence-electron chi connectivity index (χ1n) is 7.91. The van der Waals surface area contributed by atoms with Crippen LogP contribution < -0.4 is 10.6 Å². The molecule has 1 amide bonds. The standard InChI is InChI=1S/C15H29N3O.2ClH/c1-3-15(9-6-10-17-15)14(19)16-11-12-18(2)13-7-4-5-8-13;;/h13,17H,3-12H2,1-2H3,(H,16,19);2*1H. The normalized spacial score (nSPS) is 25.5. The molecule has 1 saturated heterocycles. The highest BCUT2D eigenvalue weighted by molar-refractivity contribution is 5.86. The minimum atomic E-state index is -0.286. The quantitative estimate of drug-likeness (QED) is 0.780. The van der Waals surface area contributed by atoms with Gasteiger partial charge in [-0.25, -0.2) is 0 Å². The molecule has 1 atom stereocenters. The van der Waals surface area contributed by atoms with Crippen molar-refractivity contribution in [2.24, 2.45) is 0 Å². The first kappa shape index (κ1) is 21.0. The van der Waals surface area contributed by atoms with E-state index in [0.717, 1.165) is 44.9 Å². The van der Waals surface area contributed by atoms with E-state index in [1.807, 2.05) is 0 Å². The lowest BCUT2D eigenvalue weighted by molar-refractivity contribution is -0.127. The van der Waals surface area contributed by atoms with Gasteiger partial charge >= 0.3 is 0 Å². The molecule has 0 bridgehead atoms. The predicted octanol–water partition coefficient (Wildman–Crippen LogP) is 2.35. The number of amides is 1. The van der Waals surface area contributed by atoms with Crippen LogP contribution in [0.15, 0.2) is 0 Å². The van der Waals surface area contributed by atoms with Gasteiger partial charge in [0.1, 0.15) is 0 Å². The molecule has 0 aromatic rings. The highest BCUT2D eigenvalue weighted by Gasteiger charge is 2.38. The third kappa shape index (κ3) is 5.27. The Bertz CT molecular complexity index is 303. The summed E-state index contributed by atoms with van der Waals surface area (Å²) in [5, 5.41) is 6.51. The van der Waals surface area contributed by atoms with Gasteiger partial charge in [0.05, 0.1) is 5.54 Å². The van der Waals surface area contributed by atoms with E-state index in [0.29, 0.717) is 0 Å². The fourth-order valence-electron chi connectivity index (χ4n) is 3.50. The van der Waals surface area contributed by atoms with Gasteiger partial charge in [-0.1, -0.05) is 19.8 Å². The molecule has 1 aliphatic heterocycles. The summed E-state index contributed by atoms with van der Waals surface area (Å²) in [5.74, 6) is 0.201. The van der Waals surface area contributed by atoms with Crippen LogP contribution in [0.1, 0.15) is 51.9 Å². The first-order chi connectivity index (χ1) is 9.18. The summed E-state index contributed by atoms with van der Waals surface area (Å²) in [7, 11) is 2.19. The van der Waals surface area contributed by atoms with E-state index in [2.05, 4.69) is 29.5 Å². The van der Waals surface area contributed by atoms with Gasteiger partial charge in [-0.2, -0.15) is 0 Å². The van der Waals surface area contributed by atoms with Crippen molar-refractivity contribution in [1.82, 2.24) is 15.5 Å². The van der Waals surface area contributed by atoms with Crippen molar-refractivity contribution >= 4 is 30.7 Å². The number of nitrogens with one attached hydrogen (secondary N) is 2. The molecule has 2 N–H and O–H groups in total. The van der Waals surface area contributed by atoms with Gasteiger partial charge in [-0.05, 0) is 45.7 Å². The molecular weight excluding hydrogens is 309 g/mol. The van der Waals surface area contributed by atoms with Gasteiger partial charge in [-0.3, -0.25) is 4.79 Å². The van der Waals surface area contributed by atoms with E-state index < -0.39 is 0 Å². The molecule has 1 saturated carbocycles. The van der Waals surface area contributed by atoms with Crippen molar-refractivity contribution < 1.29 is 4.79 Å². The maximum absolute atomic E-state index is 12.3. The molecule has 0 aromatic carbocycles. The largest absolute Gasteiger partial charge is 0.353 e. The SMILES string of the molecule is CCC1(C(=O)NCCN(C)C2CCCC2)CCCN1.Cl.Cl. The molecule has 4 nitrogen and oxygen atoms in total. The van der Waals surface area contributed by atoms with Gasteiger partial charge in [0.25, 0.3) is 0 Å². The molecule has 1 aliphatic carbocycles. The van der Waals surface area contributed by atoms with Crippen molar-refractivity contribution in [2.45, 2.75) is 63.5 Å². The molecule has 0 aromatic heterocycles. The average molecular weight is 340 g/mol. The van der Waals surface area contributed by atoms with Crippen LogP contribution in [0, 0.1) is 0 Å². The molecule has 21 heavy (non-hydrogen) atoms. The van der Waals surface area contributed by atoms with Crippen LogP contribution >= 0.6 is 24.8 Å². The van der Waals surface area contributed by atoms with Crippen LogP contribution in [0.3, 0.4) is 0 Å². The van der Waals surface area contributed by atoms with E-state index in [4.69, 9.17) is 0 Å². The van der Waals surface area contributed by atoms with Crippen molar-refractivity contribution in [1.29, 1.82) is 0 Å². The molecule has 1 unspecified atom stereocenters. The van der Waals surface area contributed by atoms with Crippen LogP contribution in [-0.2, 0) is 4.79 Å². The van der Waals surface area contributed by atoms with Gasteiger partial charge < -0.3 is 15.5 Å². The van der Waals surface area contributed by atoms with Crippen molar-refractivity contribution in [3.8, 4) is 0 Å². The monoisotopic (exact) mass is 339 g/mol. The molecule has 0 radical (unpaired) electrons. The zero-order chi connectivity index (χ0) is 13.7. The molecule has 2 fully saturated rings. The highest BCUT2D eigenvalue weighted by atomic mass is 35.5. The lowest BCUT2D eigenvalue weighted by Crippen LogP contribution is -2.54. The first-order valence-corrected chi connectivity index (χ1v) is 7.91. The Morgan fingerprint density at radius 3 is 2.48 bits per heavy atom. The second-order valence-corrected chi connectivity index (χ2v) is 6.14. The zero-order valence-corrected chi connectivity index (χ0v) is 15.0. The summed E-state index contributed by atoms with van der Waals surface area (Å²) in [4.78, 5) is 14.7. The molecule has 1 heterocycles. The number of likely N-dealkylation sites (N-methyl/N-ethyl adjacent to an activating group) is 1. The number of halogens is 2. The van der Waals surface area contributed by atoms with Crippen LogP contribution in [-0.4, -0.2) is 49.1 Å². The van der Waals surface area contributed by atoms with Crippen molar-refractivity contribution in [3.63, 3.8) is 0 Å². The minimum absolute atomic E-state index is 0. The fourth-order valence-corrected chi connectivity index (χ4v) is 3.50. The van der Waals surface area contributed by atoms with E-state index >= 15 is 0 Å². The summed E-state index contributed by atoms with van der Waals surface area (Å²) < 4.78 is 0. The third-order valence-corrected chi connectivity index (χ3v) is 4.98. The summed E-state index contributed by atoms with van der Waals surface area (Å²) in [6, 6.07) is 0.738. The Hall–Kier alpha value is -0.0300. The Morgan fingerprint density at radius 2 is 1.95 bits per heavy atom. The fraction of sp³-hybridized carbons (Fsp3) is 0.933. The van der Waals surface area contributed by atoms with Crippen molar-refractivity contribution in [2.75, 3.05) is 26.7 Å². The maximum Gasteiger partial charge on any atom is 0.240 e. The highest BCUT2D eigenvalue weighted by Crippen LogP contribution is 2.23. The molecule has 126 valence electrons. The molecule has 2 aliphatic rings. The molecule has 0 spiro atoms. The molecule has 2 rings (SSSR count). The summed E-state index contributed by atoms with van der Waals surface area (Å²) in [6.07, 6.45) is 8.36. The minimum Gasteiger partial charge on any atom is -0.353 e. The zero-order valence-electron chi connectivity index (χ0n) is 13.3. The Labute approximate surface area is 141 Å². The number of nitrogens with zero attached hydrogens (tertiary/aromatic N) is 1. The number of hydrogen-bond donors (Lipinski definition) is 2. The topological polar surface area (TPSA) is 44.4 Å². The summed E-state index contributed by atoms with van der Waals surface area (Å²) >= 11 is 0. The second kappa shape index (κ2) is 9.88. The summed E-state index contributed by atoms with van der Waals surface area (Å²) in [5.41, 5.74) is -0.286. The van der Waals surface area contributed by atoms with Crippen LogP contribution in [0.25, 0.3) is 0 Å². The number of rotatable bonds is 6. The maximum atomic E-state index is 12.3. The van der Waals surface area contributed by atoms with Gasteiger partial charge in [0.15, 0.2) is 0 Å². The van der Waals surface area contributed by atoms with Gasteiger partial charge in [0, 0.05) is 19.1 Å². The van der Waals surface area contributed by atoms with Crippen LogP contribution in [0.5, 0.6) is 0 Å². The van der Waals surface area contributed by atoms with Crippen LogP contribution in [0.4, 0.5) is 0 Å². The Morgan fingerprint density at radius 1 is 1.29 bits per heavy atom. The number of hydrogen-bond acceptors (Lipinski definition) is 3.